The summed E-state index contributed by atoms with van der Waals surface area (Å²) in [6.07, 6.45) is 2.53. The van der Waals surface area contributed by atoms with Gasteiger partial charge in [0.2, 0.25) is 0 Å². The third kappa shape index (κ3) is 2.87. The smallest absolute Gasteiger partial charge is 0.279 e. The number of hydrogen-bond donors (Lipinski definition) is 1. The van der Waals surface area contributed by atoms with Crippen LogP contribution in [0.1, 0.15) is 24.0 Å². The number of nitrogens with zero attached hydrogens (tertiary/aromatic N) is 4. The van der Waals surface area contributed by atoms with Crippen LogP contribution in [0.5, 0.6) is 0 Å². The van der Waals surface area contributed by atoms with Crippen molar-refractivity contribution < 1.29 is 0 Å². The molecule has 2 aromatic rings. The van der Waals surface area contributed by atoms with Crippen LogP contribution in [0.15, 0.2) is 21.9 Å². The third-order valence-corrected chi connectivity index (χ3v) is 5.13. The second kappa shape index (κ2) is 6.11. The molecule has 6 nitrogen and oxygen atoms in total. The lowest BCUT2D eigenvalue weighted by atomic mass is 10.1. The maximum Gasteiger partial charge on any atom is 0.279 e. The van der Waals surface area contributed by atoms with Gasteiger partial charge in [-0.05, 0) is 63.0 Å². The summed E-state index contributed by atoms with van der Waals surface area (Å²) in [4.78, 5) is 28.7. The zero-order chi connectivity index (χ0) is 17.6. The topological polar surface area (TPSA) is 64.6 Å². The number of aromatic amines is 1. The fourth-order valence-electron chi connectivity index (χ4n) is 3.59. The average molecular weight is 337 g/mol. The summed E-state index contributed by atoms with van der Waals surface area (Å²) in [6.45, 7) is 12.0. The van der Waals surface area contributed by atoms with E-state index >= 15 is 0 Å². The first kappa shape index (κ1) is 16.0. The zero-order valence-electron chi connectivity index (χ0n) is 14.8. The van der Waals surface area contributed by atoms with Crippen LogP contribution in [0.25, 0.3) is 6.58 Å². The molecule has 2 aliphatic heterocycles. The zero-order valence-corrected chi connectivity index (χ0v) is 14.8. The molecule has 0 atom stereocenters. The van der Waals surface area contributed by atoms with Gasteiger partial charge in [-0.25, -0.2) is 9.98 Å². The molecule has 0 unspecified atom stereocenters. The highest BCUT2D eigenvalue weighted by molar-refractivity contribution is 5.77. The summed E-state index contributed by atoms with van der Waals surface area (Å²) < 4.78 is 0. The quantitative estimate of drug-likeness (QED) is 0.917. The molecular weight excluding hydrogens is 314 g/mol. The van der Waals surface area contributed by atoms with Crippen molar-refractivity contribution in [1.82, 2.24) is 14.9 Å². The largest absolute Gasteiger partial charge is 0.321 e. The van der Waals surface area contributed by atoms with E-state index in [1.54, 1.807) is 0 Å². The number of benzene rings is 1. The predicted molar refractivity (Wildman–Crippen MR) is 99.4 cm³/mol. The minimum atomic E-state index is -0.231. The van der Waals surface area contributed by atoms with Crippen molar-refractivity contribution in [1.29, 1.82) is 0 Å². The van der Waals surface area contributed by atoms with Gasteiger partial charge < -0.3 is 14.8 Å². The maximum atomic E-state index is 12.4. The van der Waals surface area contributed by atoms with Gasteiger partial charge in [0.05, 0.1) is 11.4 Å². The van der Waals surface area contributed by atoms with Crippen LogP contribution in [0.2, 0.25) is 0 Å². The number of fused-ring (bicyclic) bond motifs is 2. The van der Waals surface area contributed by atoms with Crippen LogP contribution in [0.4, 0.5) is 17.2 Å². The van der Waals surface area contributed by atoms with Crippen molar-refractivity contribution in [2.24, 2.45) is 4.99 Å². The molecule has 1 aromatic carbocycles. The molecule has 130 valence electrons. The van der Waals surface area contributed by atoms with Crippen LogP contribution in [-0.2, 0) is 0 Å². The molecule has 1 aromatic heterocycles. The monoisotopic (exact) mass is 337 g/mol. The van der Waals surface area contributed by atoms with Crippen molar-refractivity contribution in [2.45, 2.75) is 26.7 Å². The second-order valence-corrected chi connectivity index (χ2v) is 6.92. The molecule has 2 aliphatic rings. The second-order valence-electron chi connectivity index (χ2n) is 6.92. The highest BCUT2D eigenvalue weighted by atomic mass is 16.1. The molecule has 0 aliphatic carbocycles. The molecule has 1 N–H and O–H groups in total. The van der Waals surface area contributed by atoms with Crippen molar-refractivity contribution in [3.63, 3.8) is 0 Å². The lowest BCUT2D eigenvalue weighted by Crippen LogP contribution is -2.44. The Morgan fingerprint density at radius 1 is 1.16 bits per heavy atom. The molecule has 1 fully saturated rings. The Balaban J connectivity index is 1.84. The lowest BCUT2D eigenvalue weighted by molar-refractivity contribution is 0.347. The van der Waals surface area contributed by atoms with E-state index in [0.29, 0.717) is 16.7 Å². The van der Waals surface area contributed by atoms with E-state index in [1.165, 1.54) is 24.0 Å². The first-order valence-corrected chi connectivity index (χ1v) is 8.82. The van der Waals surface area contributed by atoms with Gasteiger partial charge in [0, 0.05) is 13.1 Å². The molecule has 1 saturated heterocycles. The van der Waals surface area contributed by atoms with E-state index in [2.05, 4.69) is 51.3 Å². The van der Waals surface area contributed by atoms with Gasteiger partial charge in [0.1, 0.15) is 5.48 Å². The highest BCUT2D eigenvalue weighted by Crippen LogP contribution is 2.36. The summed E-state index contributed by atoms with van der Waals surface area (Å²) in [5.74, 6) is 0.615. The molecule has 4 rings (SSSR count). The Labute approximate surface area is 146 Å². The van der Waals surface area contributed by atoms with Crippen molar-refractivity contribution in [2.75, 3.05) is 31.1 Å². The Kier molecular flexibility index (Phi) is 3.92. The fraction of sp³-hybridized carbons (Fsp3) is 0.421. The van der Waals surface area contributed by atoms with Gasteiger partial charge in [0.25, 0.3) is 5.56 Å². The van der Waals surface area contributed by atoms with Gasteiger partial charge in [0.15, 0.2) is 11.2 Å². The summed E-state index contributed by atoms with van der Waals surface area (Å²) in [5.41, 5.74) is 4.38. The Bertz CT molecular complexity index is 988. The average Bonchev–Trinajstić information content (AvgIpc) is 3.07. The Morgan fingerprint density at radius 2 is 1.88 bits per heavy atom. The fourth-order valence-corrected chi connectivity index (χ4v) is 3.59. The van der Waals surface area contributed by atoms with E-state index in [9.17, 15) is 4.79 Å². The third-order valence-electron chi connectivity index (χ3n) is 5.13. The standard InChI is InChI=1S/C19H23N5O/c1-12-10-15-16(11-13(12)2)24(9-8-23-6-4-5-7-23)18-17(22-15)19(25)21-14(3)20-18/h10-11H,3-9H2,1-2H3,(H,21,25). The molecule has 0 bridgehead atoms. The van der Waals surface area contributed by atoms with E-state index in [4.69, 9.17) is 0 Å². The van der Waals surface area contributed by atoms with E-state index in [-0.39, 0.29) is 5.56 Å². The number of anilines is 2. The Hall–Kier alpha value is -2.47. The van der Waals surface area contributed by atoms with Gasteiger partial charge in [-0.15, -0.1) is 0 Å². The minimum Gasteiger partial charge on any atom is -0.321 e. The maximum absolute atomic E-state index is 12.4. The molecule has 6 heteroatoms. The first-order chi connectivity index (χ1) is 12.0. The van der Waals surface area contributed by atoms with E-state index in [0.717, 1.165) is 37.6 Å². The molecule has 0 radical (unpaired) electrons. The van der Waals surface area contributed by atoms with Crippen molar-refractivity contribution >= 4 is 23.8 Å². The first-order valence-electron chi connectivity index (χ1n) is 8.82. The van der Waals surface area contributed by atoms with Gasteiger partial charge in [-0.2, -0.15) is 0 Å². The number of rotatable bonds is 3. The van der Waals surface area contributed by atoms with Crippen LogP contribution < -0.4 is 21.3 Å². The van der Waals surface area contributed by atoms with Gasteiger partial charge in [-0.1, -0.05) is 6.58 Å². The normalized spacial score (nSPS) is 16.5. The molecule has 0 saturated carbocycles. The SMILES string of the molecule is C=c1nc2c(c(=O)[nH]1)=Nc1cc(C)c(C)cc1N2CCN1CCCC1. The highest BCUT2D eigenvalue weighted by Gasteiger charge is 2.24. The number of aryl methyl sites for hydroxylation is 2. The summed E-state index contributed by atoms with van der Waals surface area (Å²) in [5, 5.41) is 0.379. The minimum absolute atomic E-state index is 0.231. The van der Waals surface area contributed by atoms with Crippen LogP contribution >= 0.6 is 0 Å². The van der Waals surface area contributed by atoms with Crippen molar-refractivity contribution in [3.8, 4) is 0 Å². The summed E-state index contributed by atoms with van der Waals surface area (Å²) in [6, 6.07) is 4.20. The predicted octanol–water partition coefficient (Wildman–Crippen LogP) is 1.30. The van der Waals surface area contributed by atoms with E-state index in [1.807, 2.05) is 6.07 Å². The number of aromatic nitrogens is 2. The molecule has 0 spiro atoms. The summed E-state index contributed by atoms with van der Waals surface area (Å²) >= 11 is 0. The number of H-pyrrole nitrogens is 1. The molecule has 0 amide bonds. The summed E-state index contributed by atoms with van der Waals surface area (Å²) in [7, 11) is 0. The number of likely N-dealkylation sites (tertiary alicyclic amines) is 1. The van der Waals surface area contributed by atoms with Crippen LogP contribution in [-0.4, -0.2) is 41.0 Å². The lowest BCUT2D eigenvalue weighted by Gasteiger charge is -2.30. The number of nitrogens with one attached hydrogen (secondary N) is 1. The van der Waals surface area contributed by atoms with Crippen LogP contribution in [0, 0.1) is 13.8 Å². The molecular formula is C19H23N5O. The van der Waals surface area contributed by atoms with Gasteiger partial charge in [-0.3, -0.25) is 4.79 Å². The van der Waals surface area contributed by atoms with Crippen LogP contribution in [0.3, 0.4) is 0 Å². The Morgan fingerprint density at radius 3 is 2.64 bits per heavy atom. The molecule has 3 heterocycles. The van der Waals surface area contributed by atoms with E-state index < -0.39 is 0 Å². The number of hydrogen-bond acceptors (Lipinski definition) is 5. The van der Waals surface area contributed by atoms with Gasteiger partial charge >= 0.3 is 0 Å². The molecule has 25 heavy (non-hydrogen) atoms. The van der Waals surface area contributed by atoms with Crippen molar-refractivity contribution in [3.05, 3.63) is 44.5 Å².